The number of aliphatic carboxylic acids is 1. The van der Waals surface area contributed by atoms with E-state index in [-0.39, 0.29) is 12.0 Å². The van der Waals surface area contributed by atoms with Crippen LogP contribution in [0.1, 0.15) is 37.7 Å². The highest BCUT2D eigenvalue weighted by Gasteiger charge is 2.00. The fourth-order valence-corrected chi connectivity index (χ4v) is 1.57. The molecule has 0 aliphatic rings. The predicted octanol–water partition coefficient (Wildman–Crippen LogP) is 0.641. The van der Waals surface area contributed by atoms with Crippen molar-refractivity contribution in [2.24, 2.45) is 0 Å². The lowest BCUT2D eigenvalue weighted by Gasteiger charge is -2.00. The largest absolute Gasteiger partial charge is 0.481 e. The summed E-state index contributed by atoms with van der Waals surface area (Å²) in [6.45, 7) is 0. The second-order valence-electron chi connectivity index (χ2n) is 3.91. The van der Waals surface area contributed by atoms with Crippen LogP contribution >= 0.6 is 0 Å². The molecule has 94 valence electrons. The van der Waals surface area contributed by atoms with E-state index >= 15 is 0 Å². The van der Waals surface area contributed by atoms with Crippen molar-refractivity contribution >= 4 is 5.97 Å². The van der Waals surface area contributed by atoms with Gasteiger partial charge in [0, 0.05) is 18.2 Å². The van der Waals surface area contributed by atoms with Crippen LogP contribution in [0.15, 0.2) is 15.8 Å². The van der Waals surface area contributed by atoms with Crippen molar-refractivity contribution in [3.63, 3.8) is 0 Å². The van der Waals surface area contributed by atoms with E-state index in [1.165, 1.54) is 6.20 Å². The first kappa shape index (κ1) is 13.2. The lowest BCUT2D eigenvalue weighted by molar-refractivity contribution is -0.137. The average molecular weight is 240 g/mol. The summed E-state index contributed by atoms with van der Waals surface area (Å²) >= 11 is 0. The SMILES string of the molecule is O=C(O)CCCCCCc1c[nH]c(=O)[nH]c1=O. The third-order valence-corrected chi connectivity index (χ3v) is 2.48. The fraction of sp³-hybridized carbons (Fsp3) is 0.545. The van der Waals surface area contributed by atoms with Crippen molar-refractivity contribution in [3.05, 3.63) is 32.6 Å². The van der Waals surface area contributed by atoms with Gasteiger partial charge in [0.2, 0.25) is 0 Å². The minimum atomic E-state index is -0.776. The van der Waals surface area contributed by atoms with Crippen LogP contribution in [0.3, 0.4) is 0 Å². The van der Waals surface area contributed by atoms with Crippen molar-refractivity contribution in [1.82, 2.24) is 9.97 Å². The van der Waals surface area contributed by atoms with E-state index in [9.17, 15) is 14.4 Å². The van der Waals surface area contributed by atoms with E-state index < -0.39 is 11.7 Å². The van der Waals surface area contributed by atoms with Gasteiger partial charge in [-0.2, -0.15) is 0 Å². The van der Waals surface area contributed by atoms with Crippen LogP contribution in [0.2, 0.25) is 0 Å². The van der Waals surface area contributed by atoms with Crippen molar-refractivity contribution in [3.8, 4) is 0 Å². The summed E-state index contributed by atoms with van der Waals surface area (Å²) in [7, 11) is 0. The van der Waals surface area contributed by atoms with Crippen molar-refractivity contribution in [2.75, 3.05) is 0 Å². The first-order valence-corrected chi connectivity index (χ1v) is 5.62. The summed E-state index contributed by atoms with van der Waals surface area (Å²) in [6.07, 6.45) is 5.42. The molecular weight excluding hydrogens is 224 g/mol. The smallest absolute Gasteiger partial charge is 0.325 e. The number of hydrogen-bond donors (Lipinski definition) is 3. The van der Waals surface area contributed by atoms with Crippen LogP contribution in [-0.4, -0.2) is 21.0 Å². The Balaban J connectivity index is 2.25. The van der Waals surface area contributed by atoms with Crippen LogP contribution in [0.25, 0.3) is 0 Å². The summed E-state index contributed by atoms with van der Waals surface area (Å²) in [6, 6.07) is 0. The number of rotatable bonds is 7. The molecule has 0 spiro atoms. The molecular formula is C11H16N2O4. The number of H-pyrrole nitrogens is 2. The average Bonchev–Trinajstić information content (AvgIpc) is 2.25. The molecule has 1 aromatic heterocycles. The quantitative estimate of drug-likeness (QED) is 0.608. The van der Waals surface area contributed by atoms with Gasteiger partial charge in [-0.25, -0.2) is 4.79 Å². The summed E-state index contributed by atoms with van der Waals surface area (Å²) in [5, 5.41) is 8.43. The first-order chi connectivity index (χ1) is 8.09. The van der Waals surface area contributed by atoms with Gasteiger partial charge < -0.3 is 10.1 Å². The molecule has 1 rings (SSSR count). The highest BCUT2D eigenvalue weighted by atomic mass is 16.4. The highest BCUT2D eigenvalue weighted by Crippen LogP contribution is 2.05. The van der Waals surface area contributed by atoms with E-state index in [0.717, 1.165) is 19.3 Å². The zero-order chi connectivity index (χ0) is 12.7. The molecule has 1 heterocycles. The zero-order valence-corrected chi connectivity index (χ0v) is 9.49. The molecule has 0 radical (unpaired) electrons. The van der Waals surface area contributed by atoms with Crippen LogP contribution in [0, 0.1) is 0 Å². The second kappa shape index (κ2) is 6.67. The van der Waals surface area contributed by atoms with Crippen LogP contribution in [0.5, 0.6) is 0 Å². The number of aromatic amines is 2. The topological polar surface area (TPSA) is 103 Å². The third-order valence-electron chi connectivity index (χ3n) is 2.48. The Morgan fingerprint density at radius 3 is 2.53 bits per heavy atom. The van der Waals surface area contributed by atoms with E-state index in [1.807, 2.05) is 0 Å². The molecule has 0 saturated heterocycles. The van der Waals surface area contributed by atoms with E-state index in [1.54, 1.807) is 0 Å². The Bertz CT molecular complexity index is 475. The number of aromatic nitrogens is 2. The molecule has 0 saturated carbocycles. The van der Waals surface area contributed by atoms with Gasteiger partial charge in [0.25, 0.3) is 5.56 Å². The summed E-state index contributed by atoms with van der Waals surface area (Å²) in [4.78, 5) is 36.9. The molecule has 0 fully saturated rings. The second-order valence-corrected chi connectivity index (χ2v) is 3.91. The Kier molecular flexibility index (Phi) is 5.19. The van der Waals surface area contributed by atoms with Gasteiger partial charge in [0.05, 0.1) is 0 Å². The Labute approximate surface area is 97.7 Å². The van der Waals surface area contributed by atoms with Gasteiger partial charge in [-0.05, 0) is 19.3 Å². The summed E-state index contributed by atoms with van der Waals surface area (Å²) < 4.78 is 0. The van der Waals surface area contributed by atoms with E-state index in [2.05, 4.69) is 9.97 Å². The van der Waals surface area contributed by atoms with Gasteiger partial charge in [0.15, 0.2) is 0 Å². The molecule has 0 aliphatic carbocycles. The lowest BCUT2D eigenvalue weighted by atomic mass is 10.1. The summed E-state index contributed by atoms with van der Waals surface area (Å²) in [5.41, 5.74) is -0.290. The minimum absolute atomic E-state index is 0.194. The van der Waals surface area contributed by atoms with Gasteiger partial charge in [-0.3, -0.25) is 14.6 Å². The maximum Gasteiger partial charge on any atom is 0.325 e. The molecule has 0 atom stereocenters. The Hall–Kier alpha value is -1.85. The number of carboxylic acid groups (broad SMARTS) is 1. The van der Waals surface area contributed by atoms with Crippen LogP contribution in [-0.2, 0) is 11.2 Å². The third kappa shape index (κ3) is 5.14. The molecule has 17 heavy (non-hydrogen) atoms. The predicted molar refractivity (Wildman–Crippen MR) is 62.1 cm³/mol. The molecule has 6 nitrogen and oxygen atoms in total. The molecule has 0 amide bonds. The maximum atomic E-state index is 11.3. The zero-order valence-electron chi connectivity index (χ0n) is 9.49. The fourth-order valence-electron chi connectivity index (χ4n) is 1.57. The molecule has 3 N–H and O–H groups in total. The number of carboxylic acids is 1. The van der Waals surface area contributed by atoms with E-state index in [4.69, 9.17) is 5.11 Å². The monoisotopic (exact) mass is 240 g/mol. The minimum Gasteiger partial charge on any atom is -0.481 e. The van der Waals surface area contributed by atoms with Crippen molar-refractivity contribution < 1.29 is 9.90 Å². The Morgan fingerprint density at radius 2 is 1.88 bits per heavy atom. The standard InChI is InChI=1S/C11H16N2O4/c14-9(15)6-4-2-1-3-5-8-7-12-11(17)13-10(8)16/h7H,1-6H2,(H,14,15)(H2,12,13,16,17). The normalized spacial score (nSPS) is 10.4. The van der Waals surface area contributed by atoms with Gasteiger partial charge >= 0.3 is 11.7 Å². The molecule has 0 bridgehead atoms. The molecule has 6 heteroatoms. The van der Waals surface area contributed by atoms with Gasteiger partial charge in [-0.15, -0.1) is 0 Å². The highest BCUT2D eigenvalue weighted by molar-refractivity contribution is 5.66. The molecule has 0 unspecified atom stereocenters. The van der Waals surface area contributed by atoms with Crippen molar-refractivity contribution in [1.29, 1.82) is 0 Å². The summed E-state index contributed by atoms with van der Waals surface area (Å²) in [5.74, 6) is -0.776. The van der Waals surface area contributed by atoms with Crippen LogP contribution in [0.4, 0.5) is 0 Å². The van der Waals surface area contributed by atoms with Gasteiger partial charge in [0.1, 0.15) is 0 Å². The Morgan fingerprint density at radius 1 is 1.18 bits per heavy atom. The number of hydrogen-bond acceptors (Lipinski definition) is 3. The molecule has 0 aliphatic heterocycles. The van der Waals surface area contributed by atoms with Crippen LogP contribution < -0.4 is 11.2 Å². The van der Waals surface area contributed by atoms with Crippen molar-refractivity contribution in [2.45, 2.75) is 38.5 Å². The first-order valence-electron chi connectivity index (χ1n) is 5.62. The van der Waals surface area contributed by atoms with Gasteiger partial charge in [-0.1, -0.05) is 12.8 Å². The number of unbranched alkanes of at least 4 members (excludes halogenated alkanes) is 3. The lowest BCUT2D eigenvalue weighted by Crippen LogP contribution is -2.24. The molecule has 1 aromatic rings. The number of carbonyl (C=O) groups is 1. The maximum absolute atomic E-state index is 11.3. The molecule has 0 aromatic carbocycles. The number of nitrogens with one attached hydrogen (secondary N) is 2. The number of aryl methyl sites for hydroxylation is 1. The van der Waals surface area contributed by atoms with E-state index in [0.29, 0.717) is 18.4 Å².